The van der Waals surface area contributed by atoms with E-state index < -0.39 is 32.1 Å². The van der Waals surface area contributed by atoms with Crippen LogP contribution in [0.5, 0.6) is 0 Å². The molecule has 0 aliphatic carbocycles. The van der Waals surface area contributed by atoms with Gasteiger partial charge in [-0.1, -0.05) is 59.6 Å². The molecular formula is C32H29Cl2IN2O7S2. The number of nitrogens with one attached hydrogen (secondary N) is 1. The number of ether oxygens (including phenoxy) is 2. The number of halogens is 3. The quantitative estimate of drug-likeness (QED) is 0.113. The van der Waals surface area contributed by atoms with Crippen molar-refractivity contribution in [1.29, 1.82) is 0 Å². The lowest BCUT2D eigenvalue weighted by molar-refractivity contribution is -0.156. The Morgan fingerprint density at radius 1 is 0.848 bits per heavy atom. The first-order chi connectivity index (χ1) is 21.8. The number of hydrogen-bond donors (Lipinski definition) is 1. The highest BCUT2D eigenvalue weighted by Gasteiger charge is 2.24. The first-order valence-corrected chi connectivity index (χ1v) is 18.5. The third-order valence-electron chi connectivity index (χ3n) is 6.40. The van der Waals surface area contributed by atoms with Gasteiger partial charge in [0.15, 0.2) is 6.10 Å². The van der Waals surface area contributed by atoms with E-state index in [9.17, 15) is 21.6 Å². The van der Waals surface area contributed by atoms with Crippen LogP contribution in [0, 0.1) is 3.57 Å². The first kappa shape index (κ1) is 35.7. The maximum absolute atomic E-state index is 13.3. The van der Waals surface area contributed by atoms with Crippen LogP contribution in [0.4, 0.5) is 5.69 Å². The molecule has 0 aliphatic heterocycles. The van der Waals surface area contributed by atoms with Crippen molar-refractivity contribution in [3.8, 4) is 0 Å². The van der Waals surface area contributed by atoms with Crippen LogP contribution in [0.1, 0.15) is 19.5 Å². The van der Waals surface area contributed by atoms with Crippen molar-refractivity contribution in [2.75, 3.05) is 11.3 Å². The van der Waals surface area contributed by atoms with Crippen LogP contribution in [-0.4, -0.2) is 39.5 Å². The monoisotopic (exact) mass is 814 g/mol. The summed E-state index contributed by atoms with van der Waals surface area (Å²) in [6, 6.07) is 28.0. The van der Waals surface area contributed by atoms with Crippen molar-refractivity contribution >= 4 is 88.4 Å². The molecule has 46 heavy (non-hydrogen) atoms. The van der Waals surface area contributed by atoms with Gasteiger partial charge in [-0.05, 0) is 103 Å². The maximum Gasteiger partial charge on any atom is 0.334 e. The van der Waals surface area contributed by atoms with E-state index in [1.807, 2.05) is 22.6 Å². The van der Waals surface area contributed by atoms with Crippen molar-refractivity contribution < 1.29 is 31.1 Å². The van der Waals surface area contributed by atoms with E-state index in [0.717, 1.165) is 3.57 Å². The molecule has 0 saturated carbocycles. The zero-order chi connectivity index (χ0) is 33.5. The Kier molecular flexibility index (Phi) is 12.1. The lowest BCUT2D eigenvalue weighted by Gasteiger charge is -2.15. The molecule has 1 aromatic heterocycles. The number of hydrogen-bond acceptors (Lipinski definition) is 7. The molecule has 0 fully saturated rings. The standard InChI is InChI=1S/C20H20ClNO5S.C12H9ClINO2S/c1-3-26-20(23)14(2)27-13-17-12-15-11-16(21)9-10-19(15)22(17)28(24,25)18-7-5-4-6-8-18;13-9-6-7-12(11(14)8-9)15-18(16,17)10-4-2-1-3-5-10/h4-12,14H,3,13H2,1-2H3;1-8,15H. The molecule has 0 amide bonds. The molecule has 0 radical (unpaired) electrons. The number of sulfonamides is 1. The molecule has 1 atom stereocenters. The highest BCUT2D eigenvalue weighted by atomic mass is 127. The highest BCUT2D eigenvalue weighted by molar-refractivity contribution is 14.1. The summed E-state index contributed by atoms with van der Waals surface area (Å²) in [5.41, 5.74) is 1.39. The van der Waals surface area contributed by atoms with Gasteiger partial charge in [-0.3, -0.25) is 4.72 Å². The molecular weight excluding hydrogens is 786 g/mol. The molecule has 242 valence electrons. The van der Waals surface area contributed by atoms with Crippen molar-refractivity contribution in [3.05, 3.63) is 122 Å². The second kappa shape index (κ2) is 15.6. The number of esters is 1. The van der Waals surface area contributed by atoms with Crippen LogP contribution in [0.15, 0.2) is 113 Å². The summed E-state index contributed by atoms with van der Waals surface area (Å²) in [7, 11) is -7.41. The molecule has 14 heteroatoms. The van der Waals surface area contributed by atoms with Crippen molar-refractivity contribution in [1.82, 2.24) is 3.97 Å². The molecule has 0 bridgehead atoms. The number of carbonyl (C=O) groups excluding carboxylic acids is 1. The van der Waals surface area contributed by atoms with Gasteiger partial charge >= 0.3 is 5.97 Å². The molecule has 9 nitrogen and oxygen atoms in total. The SMILES string of the molecule is CCOC(=O)C(C)OCc1cc2cc(Cl)ccc2n1S(=O)(=O)c1ccccc1.O=S(=O)(Nc1ccc(Cl)cc1I)c1ccccc1. The van der Waals surface area contributed by atoms with Crippen molar-refractivity contribution in [2.24, 2.45) is 0 Å². The third-order valence-corrected chi connectivity index (χ3v) is 10.9. The van der Waals surface area contributed by atoms with Gasteiger partial charge in [-0.25, -0.2) is 25.6 Å². The number of carbonyl (C=O) groups is 1. The summed E-state index contributed by atoms with van der Waals surface area (Å²) in [6.07, 6.45) is -0.825. The van der Waals surface area contributed by atoms with Gasteiger partial charge in [-0.2, -0.15) is 0 Å². The van der Waals surface area contributed by atoms with Gasteiger partial charge in [0.2, 0.25) is 0 Å². The summed E-state index contributed by atoms with van der Waals surface area (Å²) < 4.78 is 65.8. The molecule has 0 aliphatic rings. The zero-order valence-corrected chi connectivity index (χ0v) is 29.9. The number of benzene rings is 4. The fraction of sp³-hybridized carbons (Fsp3) is 0.156. The van der Waals surface area contributed by atoms with E-state index in [1.165, 1.54) is 16.1 Å². The predicted molar refractivity (Wildman–Crippen MR) is 188 cm³/mol. The van der Waals surface area contributed by atoms with E-state index in [1.54, 1.807) is 105 Å². The second-order valence-electron chi connectivity index (χ2n) is 9.67. The van der Waals surface area contributed by atoms with Gasteiger partial charge < -0.3 is 9.47 Å². The van der Waals surface area contributed by atoms with Crippen LogP contribution >= 0.6 is 45.8 Å². The van der Waals surface area contributed by atoms with Gasteiger partial charge in [-0.15, -0.1) is 0 Å². The Balaban J connectivity index is 0.000000230. The second-order valence-corrected chi connectivity index (χ2v) is 15.2. The van der Waals surface area contributed by atoms with Crippen LogP contribution in [0.2, 0.25) is 10.0 Å². The van der Waals surface area contributed by atoms with Crippen molar-refractivity contribution in [2.45, 2.75) is 36.3 Å². The summed E-state index contributed by atoms with van der Waals surface area (Å²) in [4.78, 5) is 12.2. The molecule has 0 saturated heterocycles. The molecule has 5 aromatic rings. The van der Waals surface area contributed by atoms with Gasteiger partial charge in [0.05, 0.1) is 39.9 Å². The Bertz CT molecular complexity index is 2040. The topological polar surface area (TPSA) is 121 Å². The van der Waals surface area contributed by atoms with E-state index >= 15 is 0 Å². The van der Waals surface area contributed by atoms with Gasteiger partial charge in [0, 0.05) is 19.0 Å². The molecule has 1 heterocycles. The van der Waals surface area contributed by atoms with Crippen molar-refractivity contribution in [3.63, 3.8) is 0 Å². The van der Waals surface area contributed by atoms with E-state index in [-0.39, 0.29) is 23.0 Å². The smallest absolute Gasteiger partial charge is 0.334 e. The third kappa shape index (κ3) is 8.81. The van der Waals surface area contributed by atoms with E-state index in [0.29, 0.717) is 32.3 Å². The number of rotatable bonds is 10. The highest BCUT2D eigenvalue weighted by Crippen LogP contribution is 2.29. The average molecular weight is 816 g/mol. The Morgan fingerprint density at radius 2 is 1.43 bits per heavy atom. The van der Waals surface area contributed by atoms with Crippen LogP contribution in [0.3, 0.4) is 0 Å². The van der Waals surface area contributed by atoms with E-state index in [4.69, 9.17) is 32.7 Å². The Hall–Kier alpha value is -3.14. The van der Waals surface area contributed by atoms with E-state index in [2.05, 4.69) is 4.72 Å². The fourth-order valence-corrected chi connectivity index (χ4v) is 8.24. The minimum atomic E-state index is -3.87. The van der Waals surface area contributed by atoms with Gasteiger partial charge in [0.25, 0.3) is 20.0 Å². The lowest BCUT2D eigenvalue weighted by Crippen LogP contribution is -2.24. The summed E-state index contributed by atoms with van der Waals surface area (Å²) >= 11 is 13.9. The molecule has 1 unspecified atom stereocenters. The Labute approximate surface area is 291 Å². The minimum Gasteiger partial charge on any atom is -0.464 e. The maximum atomic E-state index is 13.3. The zero-order valence-electron chi connectivity index (χ0n) is 24.6. The molecule has 4 aromatic carbocycles. The first-order valence-electron chi connectivity index (χ1n) is 13.7. The summed E-state index contributed by atoms with van der Waals surface area (Å²) in [6.45, 7) is 3.43. The molecule has 5 rings (SSSR count). The fourth-order valence-electron chi connectivity index (χ4n) is 4.21. The average Bonchev–Trinajstić information content (AvgIpc) is 3.40. The normalized spacial score (nSPS) is 12.2. The largest absolute Gasteiger partial charge is 0.464 e. The predicted octanol–water partition coefficient (Wildman–Crippen LogP) is 7.75. The van der Waals surface area contributed by atoms with Gasteiger partial charge in [0.1, 0.15) is 0 Å². The number of aromatic nitrogens is 1. The van der Waals surface area contributed by atoms with Crippen LogP contribution in [0.25, 0.3) is 10.9 Å². The number of fused-ring (bicyclic) bond motifs is 1. The molecule has 0 spiro atoms. The Morgan fingerprint density at radius 3 is 2.04 bits per heavy atom. The van der Waals surface area contributed by atoms with Crippen LogP contribution in [-0.2, 0) is 40.9 Å². The lowest BCUT2D eigenvalue weighted by atomic mass is 10.2. The summed E-state index contributed by atoms with van der Waals surface area (Å²) in [5.74, 6) is -0.501. The minimum absolute atomic E-state index is 0.0850. The summed E-state index contributed by atoms with van der Waals surface area (Å²) in [5, 5.41) is 1.73. The van der Waals surface area contributed by atoms with Crippen LogP contribution < -0.4 is 4.72 Å². The number of nitrogens with zero attached hydrogens (tertiary/aromatic N) is 1. The molecule has 1 N–H and O–H groups in total. The number of anilines is 1.